The Labute approximate surface area is 142 Å². The molecule has 0 amide bonds. The lowest BCUT2D eigenvalue weighted by Gasteiger charge is -2.36. The molecule has 1 heterocycles. The minimum atomic E-state index is -1.77. The molecule has 0 unspecified atom stereocenters. The fourth-order valence-corrected chi connectivity index (χ4v) is 3.34. The third-order valence-electron chi connectivity index (χ3n) is 4.17. The van der Waals surface area contributed by atoms with Crippen molar-refractivity contribution < 1.29 is 4.43 Å². The highest BCUT2D eigenvalue weighted by atomic mass is 127. The van der Waals surface area contributed by atoms with Crippen LogP contribution in [0.4, 0.5) is 0 Å². The Kier molecular flexibility index (Phi) is 4.54. The van der Waals surface area contributed by atoms with Crippen LogP contribution in [0.3, 0.4) is 0 Å². The van der Waals surface area contributed by atoms with Crippen molar-refractivity contribution in [2.45, 2.75) is 38.9 Å². The highest BCUT2D eigenvalue weighted by molar-refractivity contribution is 14.1. The fraction of sp³-hybridized carbons (Fsp3) is 0.438. The quantitative estimate of drug-likeness (QED) is 0.518. The minimum absolute atomic E-state index is 0.210. The van der Waals surface area contributed by atoms with Gasteiger partial charge >= 0.3 is 0 Å². The Bertz CT molecular complexity index is 627. The van der Waals surface area contributed by atoms with Gasteiger partial charge in [-0.05, 0) is 65.0 Å². The molecule has 0 atom stereocenters. The predicted octanol–water partition coefficient (Wildman–Crippen LogP) is 5.08. The number of benzene rings is 1. The number of rotatable bonds is 3. The lowest BCUT2D eigenvalue weighted by Crippen LogP contribution is -2.43. The molecule has 1 aromatic carbocycles. The Hall–Kier alpha value is -0.823. The normalized spacial score (nSPS) is 12.5. The summed E-state index contributed by atoms with van der Waals surface area (Å²) in [6.45, 7) is 11.3. The molecular weight excluding hydrogens is 391 g/mol. The number of imidazole rings is 1. The van der Waals surface area contributed by atoms with Crippen molar-refractivity contribution in [2.24, 2.45) is 7.05 Å². The van der Waals surface area contributed by atoms with E-state index in [9.17, 15) is 0 Å². The predicted molar refractivity (Wildman–Crippen MR) is 99.2 cm³/mol. The van der Waals surface area contributed by atoms with Gasteiger partial charge in [0.15, 0.2) is 0 Å². The van der Waals surface area contributed by atoms with Crippen LogP contribution >= 0.6 is 22.6 Å². The number of nitrogens with zero attached hydrogens (tertiary/aromatic N) is 2. The van der Waals surface area contributed by atoms with Gasteiger partial charge in [0.2, 0.25) is 8.32 Å². The number of hydrogen-bond acceptors (Lipinski definition) is 2. The third-order valence-corrected chi connectivity index (χ3v) is 9.80. The standard InChI is InChI=1S/C16H23IN2OSi/c1-16(2,3)21(5,6)20-13-9-7-12(8-10-13)14-15(17)19(4)11-18-14/h7-11H,1-6H3. The van der Waals surface area contributed by atoms with Gasteiger partial charge in [0, 0.05) is 12.6 Å². The van der Waals surface area contributed by atoms with Gasteiger partial charge in [-0.3, -0.25) is 0 Å². The van der Waals surface area contributed by atoms with Crippen LogP contribution in [0, 0.1) is 3.70 Å². The zero-order chi connectivity index (χ0) is 15.8. The summed E-state index contributed by atoms with van der Waals surface area (Å²) in [6.07, 6.45) is 1.84. The molecule has 0 aliphatic heterocycles. The largest absolute Gasteiger partial charge is 0.544 e. The van der Waals surface area contributed by atoms with Crippen LogP contribution in [-0.4, -0.2) is 17.9 Å². The van der Waals surface area contributed by atoms with E-state index in [0.29, 0.717) is 0 Å². The molecule has 0 radical (unpaired) electrons. The number of aromatic nitrogens is 2. The van der Waals surface area contributed by atoms with Gasteiger partial charge < -0.3 is 8.99 Å². The second kappa shape index (κ2) is 5.76. The number of hydrogen-bond donors (Lipinski definition) is 0. The van der Waals surface area contributed by atoms with Crippen LogP contribution in [0.1, 0.15) is 20.8 Å². The van der Waals surface area contributed by atoms with Crippen LogP contribution in [0.5, 0.6) is 5.75 Å². The zero-order valence-electron chi connectivity index (χ0n) is 13.6. The highest BCUT2D eigenvalue weighted by Gasteiger charge is 2.38. The molecule has 1 aromatic heterocycles. The summed E-state index contributed by atoms with van der Waals surface area (Å²) in [5, 5.41) is 0.210. The van der Waals surface area contributed by atoms with Crippen molar-refractivity contribution in [1.29, 1.82) is 0 Å². The van der Waals surface area contributed by atoms with E-state index in [1.807, 2.05) is 17.9 Å². The van der Waals surface area contributed by atoms with Crippen molar-refractivity contribution in [1.82, 2.24) is 9.55 Å². The first-order chi connectivity index (χ1) is 9.62. The van der Waals surface area contributed by atoms with Crippen LogP contribution < -0.4 is 4.43 Å². The minimum Gasteiger partial charge on any atom is -0.544 e. The van der Waals surface area contributed by atoms with Gasteiger partial charge in [-0.15, -0.1) is 0 Å². The molecule has 0 aliphatic carbocycles. The maximum absolute atomic E-state index is 6.30. The summed E-state index contributed by atoms with van der Waals surface area (Å²) in [7, 11) is 0.237. The van der Waals surface area contributed by atoms with Crippen LogP contribution in [0.15, 0.2) is 30.6 Å². The molecule has 5 heteroatoms. The Morgan fingerprint density at radius 1 is 1.14 bits per heavy atom. The first-order valence-corrected chi connectivity index (χ1v) is 11.1. The molecule has 2 rings (SSSR count). The maximum Gasteiger partial charge on any atom is 0.250 e. The van der Waals surface area contributed by atoms with Crippen molar-refractivity contribution in [3.05, 3.63) is 34.3 Å². The summed E-state index contributed by atoms with van der Waals surface area (Å²) in [4.78, 5) is 4.45. The summed E-state index contributed by atoms with van der Waals surface area (Å²) < 4.78 is 9.47. The lowest BCUT2D eigenvalue weighted by molar-refractivity contribution is 0.492. The van der Waals surface area contributed by atoms with E-state index >= 15 is 0 Å². The van der Waals surface area contributed by atoms with Crippen molar-refractivity contribution in [3.63, 3.8) is 0 Å². The van der Waals surface area contributed by atoms with E-state index in [1.165, 1.54) is 0 Å². The van der Waals surface area contributed by atoms with Gasteiger partial charge in [0.1, 0.15) is 15.1 Å². The first kappa shape index (κ1) is 16.5. The van der Waals surface area contributed by atoms with E-state index in [2.05, 4.69) is 85.7 Å². The van der Waals surface area contributed by atoms with Gasteiger partial charge in [-0.2, -0.15) is 0 Å². The van der Waals surface area contributed by atoms with Gasteiger partial charge in [-0.1, -0.05) is 20.8 Å². The van der Waals surface area contributed by atoms with Gasteiger partial charge in [-0.25, -0.2) is 4.98 Å². The molecule has 0 spiro atoms. The Morgan fingerprint density at radius 2 is 1.71 bits per heavy atom. The third kappa shape index (κ3) is 3.51. The zero-order valence-corrected chi connectivity index (χ0v) is 16.7. The Balaban J connectivity index is 2.22. The molecule has 0 N–H and O–H groups in total. The van der Waals surface area contributed by atoms with Gasteiger partial charge in [0.05, 0.1) is 6.33 Å². The molecule has 2 aromatic rings. The van der Waals surface area contributed by atoms with E-state index in [1.54, 1.807) is 0 Å². The molecule has 21 heavy (non-hydrogen) atoms. The summed E-state index contributed by atoms with van der Waals surface area (Å²) in [5.41, 5.74) is 2.15. The second-order valence-corrected chi connectivity index (χ2v) is 12.6. The van der Waals surface area contributed by atoms with E-state index in [-0.39, 0.29) is 5.04 Å². The first-order valence-electron chi connectivity index (χ1n) is 7.08. The molecule has 0 bridgehead atoms. The highest BCUT2D eigenvalue weighted by Crippen LogP contribution is 2.37. The van der Waals surface area contributed by atoms with E-state index in [0.717, 1.165) is 20.7 Å². The molecular formula is C16H23IN2OSi. The summed E-state index contributed by atoms with van der Waals surface area (Å²) >= 11 is 2.32. The molecule has 0 saturated heterocycles. The topological polar surface area (TPSA) is 27.1 Å². The average Bonchev–Trinajstić information content (AvgIpc) is 2.69. The van der Waals surface area contributed by atoms with Crippen molar-refractivity contribution in [2.75, 3.05) is 0 Å². The van der Waals surface area contributed by atoms with Crippen molar-refractivity contribution >= 4 is 30.9 Å². The molecule has 0 aliphatic rings. The molecule has 114 valence electrons. The van der Waals surface area contributed by atoms with Crippen molar-refractivity contribution in [3.8, 4) is 17.0 Å². The molecule has 3 nitrogen and oxygen atoms in total. The lowest BCUT2D eigenvalue weighted by atomic mass is 10.2. The van der Waals surface area contributed by atoms with E-state index in [4.69, 9.17) is 4.43 Å². The summed E-state index contributed by atoms with van der Waals surface area (Å²) in [5.74, 6) is 0.955. The van der Waals surface area contributed by atoms with Crippen LogP contribution in [0.2, 0.25) is 18.1 Å². The smallest absolute Gasteiger partial charge is 0.250 e. The van der Waals surface area contributed by atoms with Gasteiger partial charge in [0.25, 0.3) is 0 Å². The molecule has 0 fully saturated rings. The fourth-order valence-electron chi connectivity index (χ4n) is 1.74. The summed E-state index contributed by atoms with van der Waals surface area (Å²) in [6, 6.07) is 8.29. The Morgan fingerprint density at radius 3 is 2.14 bits per heavy atom. The maximum atomic E-state index is 6.30. The second-order valence-electron chi connectivity index (χ2n) is 6.88. The number of aryl methyl sites for hydroxylation is 1. The van der Waals surface area contributed by atoms with Crippen LogP contribution in [-0.2, 0) is 7.05 Å². The average molecular weight is 414 g/mol. The van der Waals surface area contributed by atoms with Crippen LogP contribution in [0.25, 0.3) is 11.3 Å². The van der Waals surface area contributed by atoms with E-state index < -0.39 is 8.32 Å². The SMILES string of the molecule is Cn1cnc(-c2ccc(O[Si](C)(C)C(C)(C)C)cc2)c1I. The monoisotopic (exact) mass is 414 g/mol. The number of halogens is 1. The molecule has 0 saturated carbocycles.